The second-order valence-electron chi connectivity index (χ2n) is 6.12. The molecule has 1 aromatic carbocycles. The van der Waals surface area contributed by atoms with Crippen molar-refractivity contribution in [2.24, 2.45) is 0 Å². The number of aromatic nitrogens is 2. The van der Waals surface area contributed by atoms with E-state index in [1.165, 1.54) is 18.2 Å². The predicted octanol–water partition coefficient (Wildman–Crippen LogP) is 3.83. The van der Waals surface area contributed by atoms with Crippen LogP contribution in [0.5, 0.6) is 0 Å². The lowest BCUT2D eigenvalue weighted by Gasteiger charge is -2.16. The molecule has 2 heterocycles. The van der Waals surface area contributed by atoms with Crippen LogP contribution in [-0.4, -0.2) is 30.1 Å². The number of pyridine rings is 1. The van der Waals surface area contributed by atoms with E-state index in [9.17, 15) is 9.18 Å². The number of nitrogens with one attached hydrogen (secondary N) is 1. The van der Waals surface area contributed by atoms with Gasteiger partial charge >= 0.3 is 0 Å². The van der Waals surface area contributed by atoms with Crippen molar-refractivity contribution in [1.29, 1.82) is 0 Å². The topological polar surface area (TPSA) is 71.3 Å². The summed E-state index contributed by atoms with van der Waals surface area (Å²) >= 11 is 6.11. The predicted molar refractivity (Wildman–Crippen MR) is 101 cm³/mol. The van der Waals surface area contributed by atoms with E-state index in [-0.39, 0.29) is 34.1 Å². The summed E-state index contributed by atoms with van der Waals surface area (Å²) in [5.74, 6) is 0.0154. The fourth-order valence-corrected chi connectivity index (χ4v) is 3.02. The van der Waals surface area contributed by atoms with Crippen LogP contribution in [0, 0.1) is 12.7 Å². The number of nitrogens with zero attached hydrogens (tertiary/aromatic N) is 3. The summed E-state index contributed by atoms with van der Waals surface area (Å²) in [5, 5.41) is 6.82. The molecule has 3 rings (SSSR count). The van der Waals surface area contributed by atoms with Crippen molar-refractivity contribution in [3.05, 3.63) is 64.3 Å². The summed E-state index contributed by atoms with van der Waals surface area (Å²) in [4.78, 5) is 18.9. The molecule has 0 fully saturated rings. The van der Waals surface area contributed by atoms with Gasteiger partial charge in [0.15, 0.2) is 0 Å². The Morgan fingerprint density at radius 3 is 2.78 bits per heavy atom. The van der Waals surface area contributed by atoms with Gasteiger partial charge in [0, 0.05) is 32.4 Å². The molecule has 1 N–H and O–H groups in total. The smallest absolute Gasteiger partial charge is 0.257 e. The summed E-state index contributed by atoms with van der Waals surface area (Å²) < 4.78 is 19.4. The number of hydrogen-bond donors (Lipinski definition) is 1. The molecule has 0 spiro atoms. The van der Waals surface area contributed by atoms with Crippen LogP contribution in [-0.2, 0) is 6.54 Å². The zero-order chi connectivity index (χ0) is 19.6. The number of carbonyl (C=O) groups is 1. The van der Waals surface area contributed by atoms with Crippen molar-refractivity contribution in [1.82, 2.24) is 15.5 Å². The second kappa shape index (κ2) is 7.75. The molecule has 0 aliphatic heterocycles. The SMILES string of the molecule is Cc1onc(-c2c(F)cccc2Cl)c1C(=O)NCc1cccnc1N(C)C. The Morgan fingerprint density at radius 2 is 2.07 bits per heavy atom. The molecule has 6 nitrogen and oxygen atoms in total. The lowest BCUT2D eigenvalue weighted by atomic mass is 10.0. The van der Waals surface area contributed by atoms with Crippen LogP contribution in [0.3, 0.4) is 0 Å². The van der Waals surface area contributed by atoms with E-state index in [1.807, 2.05) is 25.1 Å². The minimum atomic E-state index is -0.577. The van der Waals surface area contributed by atoms with Crippen LogP contribution in [0.15, 0.2) is 41.1 Å². The van der Waals surface area contributed by atoms with Crippen molar-refractivity contribution in [2.75, 3.05) is 19.0 Å². The van der Waals surface area contributed by atoms with E-state index < -0.39 is 11.7 Å². The highest BCUT2D eigenvalue weighted by molar-refractivity contribution is 6.33. The number of benzene rings is 1. The normalized spacial score (nSPS) is 10.7. The lowest BCUT2D eigenvalue weighted by Crippen LogP contribution is -2.25. The molecule has 0 unspecified atom stereocenters. The molecule has 0 saturated carbocycles. The number of carbonyl (C=O) groups excluding carboxylic acids is 1. The minimum absolute atomic E-state index is 0.0384. The molecular weight excluding hydrogens is 371 g/mol. The maximum atomic E-state index is 14.3. The lowest BCUT2D eigenvalue weighted by molar-refractivity contribution is 0.0950. The zero-order valence-corrected chi connectivity index (χ0v) is 15.8. The fourth-order valence-electron chi connectivity index (χ4n) is 2.77. The van der Waals surface area contributed by atoms with Gasteiger partial charge in [0.05, 0.1) is 10.6 Å². The Balaban J connectivity index is 1.90. The van der Waals surface area contributed by atoms with Crippen LogP contribution in [0.4, 0.5) is 10.2 Å². The van der Waals surface area contributed by atoms with Crippen molar-refractivity contribution < 1.29 is 13.7 Å². The van der Waals surface area contributed by atoms with E-state index in [0.717, 1.165) is 11.4 Å². The maximum Gasteiger partial charge on any atom is 0.257 e. The summed E-state index contributed by atoms with van der Waals surface area (Å²) in [6, 6.07) is 7.94. The van der Waals surface area contributed by atoms with Gasteiger partial charge in [0.2, 0.25) is 0 Å². The third-order valence-electron chi connectivity index (χ3n) is 4.02. The third-order valence-corrected chi connectivity index (χ3v) is 4.33. The minimum Gasteiger partial charge on any atom is -0.362 e. The first kappa shape index (κ1) is 18.8. The fraction of sp³-hybridized carbons (Fsp3) is 0.211. The number of rotatable bonds is 5. The Labute approximate surface area is 160 Å². The number of aryl methyl sites for hydroxylation is 1. The van der Waals surface area contributed by atoms with Crippen LogP contribution < -0.4 is 10.2 Å². The highest BCUT2D eigenvalue weighted by Crippen LogP contribution is 2.33. The summed E-state index contributed by atoms with van der Waals surface area (Å²) in [5.41, 5.74) is 1.11. The molecular formula is C19H18ClFN4O2. The van der Waals surface area contributed by atoms with Gasteiger partial charge in [-0.05, 0) is 25.1 Å². The molecule has 8 heteroatoms. The first-order valence-electron chi connectivity index (χ1n) is 8.20. The number of hydrogen-bond acceptors (Lipinski definition) is 5. The molecule has 1 amide bonds. The van der Waals surface area contributed by atoms with E-state index >= 15 is 0 Å². The van der Waals surface area contributed by atoms with Gasteiger partial charge in [-0.3, -0.25) is 4.79 Å². The molecule has 0 atom stereocenters. The Bertz CT molecular complexity index is 967. The molecule has 27 heavy (non-hydrogen) atoms. The van der Waals surface area contributed by atoms with Crippen molar-refractivity contribution >= 4 is 23.3 Å². The zero-order valence-electron chi connectivity index (χ0n) is 15.1. The Kier molecular flexibility index (Phi) is 5.41. The van der Waals surface area contributed by atoms with Gasteiger partial charge in [-0.15, -0.1) is 0 Å². The molecule has 2 aromatic heterocycles. The summed E-state index contributed by atoms with van der Waals surface area (Å²) in [6.07, 6.45) is 1.68. The number of halogens is 2. The number of amides is 1. The van der Waals surface area contributed by atoms with Crippen LogP contribution in [0.25, 0.3) is 11.3 Å². The molecule has 0 aliphatic rings. The van der Waals surface area contributed by atoms with Crippen molar-refractivity contribution in [2.45, 2.75) is 13.5 Å². The summed E-state index contributed by atoms with van der Waals surface area (Å²) in [7, 11) is 3.74. The Hall–Kier alpha value is -2.93. The third kappa shape index (κ3) is 3.78. The molecule has 0 aliphatic carbocycles. The van der Waals surface area contributed by atoms with Gasteiger partial charge < -0.3 is 14.7 Å². The number of anilines is 1. The first-order chi connectivity index (χ1) is 12.9. The van der Waals surface area contributed by atoms with Gasteiger partial charge in [-0.25, -0.2) is 9.37 Å². The van der Waals surface area contributed by atoms with E-state index in [4.69, 9.17) is 16.1 Å². The highest BCUT2D eigenvalue weighted by Gasteiger charge is 2.25. The molecule has 140 valence electrons. The van der Waals surface area contributed by atoms with E-state index in [2.05, 4.69) is 15.5 Å². The monoisotopic (exact) mass is 388 g/mol. The highest BCUT2D eigenvalue weighted by atomic mass is 35.5. The molecule has 0 bridgehead atoms. The van der Waals surface area contributed by atoms with Crippen molar-refractivity contribution in [3.63, 3.8) is 0 Å². The molecule has 0 radical (unpaired) electrons. The first-order valence-corrected chi connectivity index (χ1v) is 8.58. The maximum absolute atomic E-state index is 14.3. The average Bonchev–Trinajstić information content (AvgIpc) is 3.01. The Morgan fingerprint density at radius 1 is 1.30 bits per heavy atom. The average molecular weight is 389 g/mol. The van der Waals surface area contributed by atoms with E-state index in [0.29, 0.717) is 0 Å². The largest absolute Gasteiger partial charge is 0.362 e. The summed E-state index contributed by atoms with van der Waals surface area (Å²) in [6.45, 7) is 1.84. The quantitative estimate of drug-likeness (QED) is 0.719. The van der Waals surface area contributed by atoms with Crippen molar-refractivity contribution in [3.8, 4) is 11.3 Å². The van der Waals surface area contributed by atoms with Gasteiger partial charge in [0.1, 0.15) is 28.7 Å². The van der Waals surface area contributed by atoms with Crippen LogP contribution >= 0.6 is 11.6 Å². The van der Waals surface area contributed by atoms with Crippen LogP contribution in [0.1, 0.15) is 21.7 Å². The van der Waals surface area contributed by atoms with Crippen LogP contribution in [0.2, 0.25) is 5.02 Å². The standard InChI is InChI=1S/C19H18ClFN4O2/c1-11-15(17(24-27-11)16-13(20)7-4-8-14(16)21)19(26)23-10-12-6-5-9-22-18(12)25(2)3/h4-9H,10H2,1-3H3,(H,23,26). The van der Waals surface area contributed by atoms with E-state index in [1.54, 1.807) is 19.2 Å². The van der Waals surface area contributed by atoms with Gasteiger partial charge in [-0.2, -0.15) is 0 Å². The molecule has 3 aromatic rings. The van der Waals surface area contributed by atoms with Gasteiger partial charge in [-0.1, -0.05) is 28.9 Å². The van der Waals surface area contributed by atoms with Gasteiger partial charge in [0.25, 0.3) is 5.91 Å². The molecule has 0 saturated heterocycles. The second-order valence-corrected chi connectivity index (χ2v) is 6.53.